The highest BCUT2D eigenvalue weighted by molar-refractivity contribution is 7.07. The van der Waals surface area contributed by atoms with E-state index in [1.54, 1.807) is 48.8 Å². The third-order valence-electron chi connectivity index (χ3n) is 7.19. The largest absolute Gasteiger partial charge is 0.489 e. The Balaban J connectivity index is 1.47. The van der Waals surface area contributed by atoms with Gasteiger partial charge in [-0.3, -0.25) is 9.36 Å². The maximum Gasteiger partial charge on any atom is 0.338 e. The molecule has 1 aliphatic rings. The van der Waals surface area contributed by atoms with Gasteiger partial charge in [-0.2, -0.15) is 0 Å². The van der Waals surface area contributed by atoms with E-state index in [0.29, 0.717) is 32.3 Å². The van der Waals surface area contributed by atoms with Gasteiger partial charge >= 0.3 is 11.9 Å². The zero-order chi connectivity index (χ0) is 30.7. The molecule has 1 atom stereocenters. The molecule has 1 N–H and O–H groups in total. The van der Waals surface area contributed by atoms with Crippen molar-refractivity contribution in [2.24, 2.45) is 4.99 Å². The molecule has 0 spiro atoms. The molecule has 220 valence electrons. The highest BCUT2D eigenvalue weighted by Gasteiger charge is 2.33. The summed E-state index contributed by atoms with van der Waals surface area (Å²) in [6.45, 7) is 8.20. The lowest BCUT2D eigenvalue weighted by Gasteiger charge is -2.25. The third kappa shape index (κ3) is 6.36. The van der Waals surface area contributed by atoms with Crippen molar-refractivity contribution < 1.29 is 24.2 Å². The Labute approximate surface area is 252 Å². The monoisotopic (exact) mass is 596 g/mol. The van der Waals surface area contributed by atoms with E-state index < -0.39 is 18.0 Å². The molecule has 0 radical (unpaired) electrons. The number of benzene rings is 3. The smallest absolute Gasteiger partial charge is 0.338 e. The first-order valence-corrected chi connectivity index (χ1v) is 14.8. The lowest BCUT2D eigenvalue weighted by Crippen LogP contribution is -2.39. The topological polar surface area (TPSA) is 107 Å². The second kappa shape index (κ2) is 12.6. The second-order valence-corrected chi connectivity index (χ2v) is 11.5. The van der Waals surface area contributed by atoms with Gasteiger partial charge in [0, 0.05) is 0 Å². The number of carbonyl (C=O) groups excluding carboxylic acids is 1. The van der Waals surface area contributed by atoms with Crippen molar-refractivity contribution in [3.05, 3.63) is 132 Å². The van der Waals surface area contributed by atoms with Gasteiger partial charge in [-0.1, -0.05) is 73.7 Å². The van der Waals surface area contributed by atoms with Crippen LogP contribution in [0.5, 0.6) is 5.75 Å². The first-order valence-electron chi connectivity index (χ1n) is 14.0. The Kier molecular flexibility index (Phi) is 8.73. The molecule has 5 rings (SSSR count). The van der Waals surface area contributed by atoms with Crippen molar-refractivity contribution in [3.8, 4) is 5.75 Å². The van der Waals surface area contributed by atoms with Crippen LogP contribution in [-0.4, -0.2) is 28.2 Å². The molecular formula is C34H32N2O6S. The molecule has 8 nitrogen and oxygen atoms in total. The van der Waals surface area contributed by atoms with E-state index in [4.69, 9.17) is 9.47 Å². The van der Waals surface area contributed by atoms with E-state index in [1.807, 2.05) is 42.5 Å². The van der Waals surface area contributed by atoms with Crippen LogP contribution in [0.3, 0.4) is 0 Å². The number of nitrogens with zero attached hydrogens (tertiary/aromatic N) is 2. The number of esters is 1. The van der Waals surface area contributed by atoms with E-state index >= 15 is 0 Å². The summed E-state index contributed by atoms with van der Waals surface area (Å²) in [7, 11) is 0. The Hall–Kier alpha value is -4.76. The number of carbonyl (C=O) groups is 2. The molecule has 3 aromatic carbocycles. The third-order valence-corrected chi connectivity index (χ3v) is 8.18. The van der Waals surface area contributed by atoms with Crippen LogP contribution in [0.1, 0.15) is 72.3 Å². The summed E-state index contributed by atoms with van der Waals surface area (Å²) in [4.78, 5) is 43.3. The average Bonchev–Trinajstić information content (AvgIpc) is 3.30. The molecule has 43 heavy (non-hydrogen) atoms. The first kappa shape index (κ1) is 29.7. The van der Waals surface area contributed by atoms with Gasteiger partial charge in [0.15, 0.2) is 4.80 Å². The average molecular weight is 597 g/mol. The van der Waals surface area contributed by atoms with Gasteiger partial charge < -0.3 is 14.6 Å². The molecule has 4 aromatic rings. The Morgan fingerprint density at radius 2 is 1.79 bits per heavy atom. The summed E-state index contributed by atoms with van der Waals surface area (Å²) in [5, 5.41) is 9.20. The zero-order valence-corrected chi connectivity index (χ0v) is 25.2. The number of hydrogen-bond acceptors (Lipinski definition) is 7. The zero-order valence-electron chi connectivity index (χ0n) is 24.4. The molecule has 2 heterocycles. The summed E-state index contributed by atoms with van der Waals surface area (Å²) in [6.07, 6.45) is 1.80. The molecule has 0 bridgehead atoms. The Morgan fingerprint density at radius 3 is 2.44 bits per heavy atom. The van der Waals surface area contributed by atoms with Gasteiger partial charge in [-0.05, 0) is 72.4 Å². The molecule has 0 saturated heterocycles. The summed E-state index contributed by atoms with van der Waals surface area (Å²) in [6, 6.07) is 21.2. The number of carboxylic acid groups (broad SMARTS) is 1. The number of carboxylic acids is 1. The van der Waals surface area contributed by atoms with Crippen molar-refractivity contribution in [1.29, 1.82) is 0 Å². The van der Waals surface area contributed by atoms with Crippen LogP contribution in [0.2, 0.25) is 0 Å². The molecular weight excluding hydrogens is 564 g/mol. The number of thiazole rings is 1. The van der Waals surface area contributed by atoms with Crippen LogP contribution in [0.4, 0.5) is 0 Å². The van der Waals surface area contributed by atoms with Crippen molar-refractivity contribution in [1.82, 2.24) is 4.57 Å². The summed E-state index contributed by atoms with van der Waals surface area (Å²) < 4.78 is 13.3. The van der Waals surface area contributed by atoms with Crippen molar-refractivity contribution in [2.45, 2.75) is 46.3 Å². The van der Waals surface area contributed by atoms with E-state index in [9.17, 15) is 19.5 Å². The van der Waals surface area contributed by atoms with Crippen LogP contribution in [0, 0.1) is 0 Å². The van der Waals surface area contributed by atoms with Gasteiger partial charge in [0.05, 0.1) is 34.0 Å². The normalized spacial score (nSPS) is 14.8. The Bertz CT molecular complexity index is 1880. The van der Waals surface area contributed by atoms with Crippen LogP contribution in [0.15, 0.2) is 93.9 Å². The molecule has 9 heteroatoms. The number of hydrogen-bond donors (Lipinski definition) is 1. The Morgan fingerprint density at radius 1 is 1.07 bits per heavy atom. The predicted octanol–water partition coefficient (Wildman–Crippen LogP) is 5.20. The van der Waals surface area contributed by atoms with Crippen molar-refractivity contribution in [3.63, 3.8) is 0 Å². The van der Waals surface area contributed by atoms with Crippen molar-refractivity contribution in [2.75, 3.05) is 6.61 Å². The van der Waals surface area contributed by atoms with Gasteiger partial charge in [0.1, 0.15) is 12.4 Å². The lowest BCUT2D eigenvalue weighted by atomic mass is 9.93. The van der Waals surface area contributed by atoms with Crippen LogP contribution < -0.4 is 19.6 Å². The highest BCUT2D eigenvalue weighted by Crippen LogP contribution is 2.31. The van der Waals surface area contributed by atoms with E-state index in [0.717, 1.165) is 22.3 Å². The second-order valence-electron chi connectivity index (χ2n) is 10.5. The molecule has 0 aliphatic carbocycles. The van der Waals surface area contributed by atoms with Crippen molar-refractivity contribution >= 4 is 29.4 Å². The molecule has 1 aromatic heterocycles. The quantitative estimate of drug-likeness (QED) is 0.266. The van der Waals surface area contributed by atoms with E-state index in [-0.39, 0.29) is 24.3 Å². The predicted molar refractivity (Wildman–Crippen MR) is 165 cm³/mol. The van der Waals surface area contributed by atoms with Gasteiger partial charge in [-0.25, -0.2) is 14.6 Å². The minimum atomic E-state index is -0.987. The van der Waals surface area contributed by atoms with Gasteiger partial charge in [0.25, 0.3) is 5.56 Å². The minimum absolute atomic E-state index is 0.206. The van der Waals surface area contributed by atoms with Crippen LogP contribution in [0.25, 0.3) is 6.08 Å². The number of rotatable bonds is 9. The van der Waals surface area contributed by atoms with Gasteiger partial charge in [-0.15, -0.1) is 0 Å². The lowest BCUT2D eigenvalue weighted by molar-refractivity contribution is -0.139. The number of ether oxygens (including phenoxy) is 2. The number of aromatic carboxylic acids is 1. The SMILES string of the molecule is CCOC(=O)C1=C(C)N=c2s/c(=C\c3ccc(OCc4cccc(C(=O)O)c4)cc3)c(=O)n2[C@H]1c1ccc(C(C)C)cc1. The van der Waals surface area contributed by atoms with E-state index in [2.05, 4.69) is 18.8 Å². The minimum Gasteiger partial charge on any atom is -0.489 e. The molecule has 0 fully saturated rings. The maximum atomic E-state index is 13.9. The standard InChI is InChI=1S/C34H32N2O6S/c1-5-41-33(40)29-21(4)35-34-36(30(29)25-13-11-24(12-14-25)20(2)3)31(37)28(43-34)18-22-9-15-27(16-10-22)42-19-23-7-6-8-26(17-23)32(38)39/h6-18,20,30H,5,19H2,1-4H3,(H,38,39)/b28-18-/t30-/m0/s1. The summed E-state index contributed by atoms with van der Waals surface area (Å²) >= 11 is 1.27. The molecule has 0 amide bonds. The van der Waals surface area contributed by atoms with Crippen LogP contribution >= 0.6 is 11.3 Å². The number of allylic oxidation sites excluding steroid dienone is 1. The summed E-state index contributed by atoms with van der Waals surface area (Å²) in [5.74, 6) is -0.517. The first-order chi connectivity index (χ1) is 20.7. The molecule has 1 aliphatic heterocycles. The van der Waals surface area contributed by atoms with Crippen LogP contribution in [-0.2, 0) is 16.1 Å². The highest BCUT2D eigenvalue weighted by atomic mass is 32.1. The number of aromatic nitrogens is 1. The summed E-state index contributed by atoms with van der Waals surface area (Å²) in [5.41, 5.74) is 4.36. The maximum absolute atomic E-state index is 13.9. The fourth-order valence-electron chi connectivity index (χ4n) is 4.94. The van der Waals surface area contributed by atoms with E-state index in [1.165, 1.54) is 17.4 Å². The molecule has 0 saturated carbocycles. The molecule has 0 unspecified atom stereocenters. The fraction of sp³-hybridized carbons (Fsp3) is 0.235. The number of fused-ring (bicyclic) bond motifs is 1. The fourth-order valence-corrected chi connectivity index (χ4v) is 5.99. The van der Waals surface area contributed by atoms with Gasteiger partial charge in [0.2, 0.25) is 0 Å².